The summed E-state index contributed by atoms with van der Waals surface area (Å²) in [6.45, 7) is 0. The summed E-state index contributed by atoms with van der Waals surface area (Å²) in [7, 11) is 0. The molecule has 0 aliphatic rings. The van der Waals surface area contributed by atoms with Gasteiger partial charge in [0.15, 0.2) is 17.2 Å². The SMILES string of the molecule is O=C(O)C(=O)c1cc(O)c(O)c(O)c1. The number of phenols is 3. The molecule has 1 aromatic carbocycles. The second-order valence-corrected chi connectivity index (χ2v) is 2.50. The molecule has 14 heavy (non-hydrogen) atoms. The Labute approximate surface area is 77.7 Å². The number of hydrogen-bond donors (Lipinski definition) is 4. The number of phenolic OH excluding ortho intramolecular Hbond substituents is 3. The molecule has 0 amide bonds. The molecule has 0 aliphatic carbocycles. The summed E-state index contributed by atoms with van der Waals surface area (Å²) in [6, 6.07) is 1.51. The zero-order valence-electron chi connectivity index (χ0n) is 6.76. The first-order valence-electron chi connectivity index (χ1n) is 3.46. The molecule has 0 fully saturated rings. The van der Waals surface area contributed by atoms with Gasteiger partial charge in [-0.05, 0) is 12.1 Å². The zero-order chi connectivity index (χ0) is 10.9. The van der Waals surface area contributed by atoms with Crippen LogP contribution >= 0.6 is 0 Å². The molecule has 0 aliphatic heterocycles. The number of aromatic hydroxyl groups is 3. The van der Waals surface area contributed by atoms with Gasteiger partial charge in [-0.1, -0.05) is 0 Å². The van der Waals surface area contributed by atoms with Crippen molar-refractivity contribution in [2.45, 2.75) is 0 Å². The van der Waals surface area contributed by atoms with E-state index >= 15 is 0 Å². The number of Topliss-reactive ketones (excluding diaryl/α,β-unsaturated/α-hetero) is 1. The first kappa shape index (κ1) is 9.85. The largest absolute Gasteiger partial charge is 0.504 e. The van der Waals surface area contributed by atoms with Gasteiger partial charge in [0.05, 0.1) is 0 Å². The molecule has 4 N–H and O–H groups in total. The van der Waals surface area contributed by atoms with Crippen LogP contribution in [0.25, 0.3) is 0 Å². The predicted molar refractivity (Wildman–Crippen MR) is 43.4 cm³/mol. The molecule has 0 bridgehead atoms. The topological polar surface area (TPSA) is 115 Å². The lowest BCUT2D eigenvalue weighted by molar-refractivity contribution is -0.131. The van der Waals surface area contributed by atoms with Gasteiger partial charge >= 0.3 is 5.97 Å². The van der Waals surface area contributed by atoms with E-state index in [-0.39, 0.29) is 0 Å². The Morgan fingerprint density at radius 1 is 1.00 bits per heavy atom. The molecule has 6 nitrogen and oxygen atoms in total. The number of carboxylic acid groups (broad SMARTS) is 1. The highest BCUT2D eigenvalue weighted by molar-refractivity contribution is 6.40. The van der Waals surface area contributed by atoms with E-state index in [2.05, 4.69) is 0 Å². The van der Waals surface area contributed by atoms with Crippen LogP contribution in [-0.4, -0.2) is 32.2 Å². The van der Waals surface area contributed by atoms with Crippen molar-refractivity contribution in [2.24, 2.45) is 0 Å². The Morgan fingerprint density at radius 2 is 1.43 bits per heavy atom. The number of benzene rings is 1. The first-order chi connectivity index (χ1) is 6.43. The maximum absolute atomic E-state index is 10.9. The van der Waals surface area contributed by atoms with Crippen molar-refractivity contribution >= 4 is 11.8 Å². The first-order valence-corrected chi connectivity index (χ1v) is 3.46. The minimum absolute atomic E-state index is 0.412. The molecule has 0 spiro atoms. The van der Waals surface area contributed by atoms with E-state index in [1.54, 1.807) is 0 Å². The number of carbonyl (C=O) groups is 2. The molecule has 0 aromatic heterocycles. The zero-order valence-corrected chi connectivity index (χ0v) is 6.76. The highest BCUT2D eigenvalue weighted by Gasteiger charge is 2.18. The quantitative estimate of drug-likeness (QED) is 0.303. The molecule has 1 rings (SSSR count). The van der Waals surface area contributed by atoms with Crippen molar-refractivity contribution in [3.8, 4) is 17.2 Å². The van der Waals surface area contributed by atoms with Gasteiger partial charge in [-0.15, -0.1) is 0 Å². The van der Waals surface area contributed by atoms with Crippen molar-refractivity contribution in [1.82, 2.24) is 0 Å². The molecule has 74 valence electrons. The summed E-state index contributed by atoms with van der Waals surface area (Å²) in [4.78, 5) is 21.1. The van der Waals surface area contributed by atoms with Crippen molar-refractivity contribution in [3.63, 3.8) is 0 Å². The lowest BCUT2D eigenvalue weighted by Gasteiger charge is -2.02. The normalized spacial score (nSPS) is 9.71. The third-order valence-electron chi connectivity index (χ3n) is 1.53. The van der Waals surface area contributed by atoms with Crippen LogP contribution in [0.1, 0.15) is 10.4 Å². The summed E-state index contributed by atoms with van der Waals surface area (Å²) in [5, 5.41) is 35.1. The third-order valence-corrected chi connectivity index (χ3v) is 1.53. The monoisotopic (exact) mass is 198 g/mol. The molecule has 0 radical (unpaired) electrons. The van der Waals surface area contributed by atoms with E-state index in [1.807, 2.05) is 0 Å². The second-order valence-electron chi connectivity index (χ2n) is 2.50. The summed E-state index contributed by atoms with van der Waals surface area (Å²) in [6.07, 6.45) is 0. The molecular weight excluding hydrogens is 192 g/mol. The number of carbonyl (C=O) groups excluding carboxylic acids is 1. The Hall–Kier alpha value is -2.24. The standard InChI is InChI=1S/C8H6O6/c9-4-1-3(6(11)8(13)14)2-5(10)7(4)12/h1-2,9-10,12H,(H,13,14). The summed E-state index contributed by atoms with van der Waals surface area (Å²) in [5.74, 6) is -5.30. The van der Waals surface area contributed by atoms with Gasteiger partial charge in [-0.2, -0.15) is 0 Å². The van der Waals surface area contributed by atoms with E-state index in [0.29, 0.717) is 0 Å². The van der Waals surface area contributed by atoms with E-state index in [1.165, 1.54) is 0 Å². The molecule has 0 atom stereocenters. The second kappa shape index (κ2) is 3.25. The van der Waals surface area contributed by atoms with Gasteiger partial charge in [-0.25, -0.2) is 4.79 Å². The minimum atomic E-state index is -1.71. The predicted octanol–water partition coefficient (Wildman–Crippen LogP) is 0.0707. The lowest BCUT2D eigenvalue weighted by Crippen LogP contribution is -2.12. The van der Waals surface area contributed by atoms with Gasteiger partial charge in [-0.3, -0.25) is 4.79 Å². The highest BCUT2D eigenvalue weighted by atomic mass is 16.4. The van der Waals surface area contributed by atoms with Crippen molar-refractivity contribution in [3.05, 3.63) is 17.7 Å². The van der Waals surface area contributed by atoms with Crippen molar-refractivity contribution < 1.29 is 30.0 Å². The third kappa shape index (κ3) is 1.58. The molecular formula is C8H6O6. The molecule has 0 saturated carbocycles. The Morgan fingerprint density at radius 3 is 1.79 bits per heavy atom. The highest BCUT2D eigenvalue weighted by Crippen LogP contribution is 2.35. The van der Waals surface area contributed by atoms with Crippen molar-refractivity contribution in [2.75, 3.05) is 0 Å². The van der Waals surface area contributed by atoms with Crippen LogP contribution in [0.15, 0.2) is 12.1 Å². The number of ketones is 1. The lowest BCUT2D eigenvalue weighted by atomic mass is 10.1. The van der Waals surface area contributed by atoms with Gasteiger partial charge in [0.25, 0.3) is 5.78 Å². The number of carboxylic acids is 1. The fourth-order valence-electron chi connectivity index (χ4n) is 0.859. The van der Waals surface area contributed by atoms with E-state index in [4.69, 9.17) is 20.4 Å². The van der Waals surface area contributed by atoms with Crippen LogP contribution in [0, 0.1) is 0 Å². The Kier molecular flexibility index (Phi) is 2.29. The van der Waals surface area contributed by atoms with Crippen LogP contribution in [0.4, 0.5) is 0 Å². The smallest absolute Gasteiger partial charge is 0.377 e. The van der Waals surface area contributed by atoms with Gasteiger partial charge < -0.3 is 20.4 Å². The van der Waals surface area contributed by atoms with Crippen LogP contribution in [0.2, 0.25) is 0 Å². The summed E-state index contributed by atoms with van der Waals surface area (Å²) in [5.41, 5.74) is -0.412. The fraction of sp³-hybridized carbons (Fsp3) is 0. The molecule has 0 unspecified atom stereocenters. The van der Waals surface area contributed by atoms with Crippen LogP contribution in [0.5, 0.6) is 17.2 Å². The van der Waals surface area contributed by atoms with E-state index in [9.17, 15) is 9.59 Å². The number of rotatable bonds is 2. The average molecular weight is 198 g/mol. The Bertz CT molecular complexity index is 385. The fourth-order valence-corrected chi connectivity index (χ4v) is 0.859. The average Bonchev–Trinajstić information content (AvgIpc) is 2.12. The Balaban J connectivity index is 3.26. The summed E-state index contributed by atoms with van der Waals surface area (Å²) < 4.78 is 0. The van der Waals surface area contributed by atoms with E-state index < -0.39 is 34.6 Å². The van der Waals surface area contributed by atoms with E-state index in [0.717, 1.165) is 12.1 Å². The molecule has 1 aromatic rings. The van der Waals surface area contributed by atoms with Crippen LogP contribution < -0.4 is 0 Å². The van der Waals surface area contributed by atoms with Gasteiger partial charge in [0.2, 0.25) is 0 Å². The minimum Gasteiger partial charge on any atom is -0.504 e. The molecule has 6 heteroatoms. The number of aliphatic carboxylic acids is 1. The molecule has 0 saturated heterocycles. The summed E-state index contributed by atoms with van der Waals surface area (Å²) >= 11 is 0. The van der Waals surface area contributed by atoms with Crippen LogP contribution in [-0.2, 0) is 4.79 Å². The maximum atomic E-state index is 10.9. The van der Waals surface area contributed by atoms with Crippen LogP contribution in [0.3, 0.4) is 0 Å². The maximum Gasteiger partial charge on any atom is 0.377 e. The number of hydrogen-bond acceptors (Lipinski definition) is 5. The van der Waals surface area contributed by atoms with Gasteiger partial charge in [0.1, 0.15) is 0 Å². The molecule has 0 heterocycles. The van der Waals surface area contributed by atoms with Gasteiger partial charge in [0, 0.05) is 5.56 Å². The van der Waals surface area contributed by atoms with Crippen molar-refractivity contribution in [1.29, 1.82) is 0 Å².